The first kappa shape index (κ1) is 38.9. The number of urea groups is 1. The number of fused-ring (bicyclic) bond motifs is 1. The molecule has 1 aromatic heterocycles. The molecular weight excluding hydrogens is 849 g/mol. The van der Waals surface area contributed by atoms with Crippen LogP contribution in [0.2, 0.25) is 0 Å². The standard InChI is InChI=1S/C28H34N6O8S.Gd.In/c1-42-21-6-7-22-23(16-21)43-26(30-22)19-2-4-20(5-3-19)29-27(39)33-12-10-31(17-24(35)36)8-9-32(18-25(37)38)11-13-34(15-14-33)28(40)41;;/h2-7,16H,8-15,17-18H2,1H3,(H,29,39)(H,35,36)(H,37,38)(H,40,41);;/q;2*+3/i;;1-4. The van der Waals surface area contributed by atoms with E-state index in [1.54, 1.807) is 29.0 Å². The molecule has 1 radical (unpaired) electrons. The summed E-state index contributed by atoms with van der Waals surface area (Å²) in [5, 5.41) is 32.0. The number of aliphatic carboxylic acids is 2. The van der Waals surface area contributed by atoms with Crippen molar-refractivity contribution in [2.45, 2.75) is 0 Å². The van der Waals surface area contributed by atoms with Gasteiger partial charge in [0.25, 0.3) is 0 Å². The molecule has 0 saturated carbocycles. The van der Waals surface area contributed by atoms with Crippen LogP contribution in [0.15, 0.2) is 42.5 Å². The second kappa shape index (κ2) is 18.8. The number of ether oxygens (including phenoxy) is 1. The number of amides is 3. The number of nitrogens with zero attached hydrogens (tertiary/aromatic N) is 5. The van der Waals surface area contributed by atoms with Gasteiger partial charge in [0.05, 0.1) is 30.4 Å². The van der Waals surface area contributed by atoms with E-state index in [4.69, 9.17) is 4.74 Å². The summed E-state index contributed by atoms with van der Waals surface area (Å²) in [7, 11) is 1.61. The average molecular weight is 883 g/mol. The van der Waals surface area contributed by atoms with Crippen molar-refractivity contribution in [3.63, 3.8) is 0 Å². The first-order chi connectivity index (χ1) is 20.6. The second-order valence-electron chi connectivity index (χ2n) is 9.96. The molecule has 17 heteroatoms. The van der Waals surface area contributed by atoms with Crippen LogP contribution in [-0.2, 0) is 9.59 Å². The molecule has 1 fully saturated rings. The molecule has 4 rings (SSSR count). The maximum Gasteiger partial charge on any atom is 3.00 e. The molecule has 0 spiro atoms. The predicted molar refractivity (Wildman–Crippen MR) is 166 cm³/mol. The maximum absolute atomic E-state index is 13.3. The maximum atomic E-state index is 13.3. The Balaban J connectivity index is 0.00000353. The van der Waals surface area contributed by atoms with Gasteiger partial charge in [0, 0.05) is 63.6 Å². The van der Waals surface area contributed by atoms with Gasteiger partial charge < -0.3 is 35.2 Å². The summed E-state index contributed by atoms with van der Waals surface area (Å²) in [6.45, 7) is 0.489. The van der Waals surface area contributed by atoms with Crippen LogP contribution in [0, 0.1) is 39.9 Å². The minimum absolute atomic E-state index is 0. The van der Waals surface area contributed by atoms with Crippen molar-refractivity contribution in [1.29, 1.82) is 0 Å². The van der Waals surface area contributed by atoms with Gasteiger partial charge in [-0.3, -0.25) is 19.4 Å². The van der Waals surface area contributed by atoms with Gasteiger partial charge in [0.1, 0.15) is 10.8 Å². The Morgan fingerprint density at radius 3 is 1.91 bits per heavy atom. The largest absolute Gasteiger partial charge is 3.00 e. The van der Waals surface area contributed by atoms with Gasteiger partial charge in [-0.25, -0.2) is 14.6 Å². The second-order valence-corrected chi connectivity index (χ2v) is 11.0. The zero-order valence-electron chi connectivity index (χ0n) is 24.6. The predicted octanol–water partition coefficient (Wildman–Crippen LogP) is 2.19. The van der Waals surface area contributed by atoms with Crippen molar-refractivity contribution < 1.29 is 79.2 Å². The Labute approximate surface area is 314 Å². The zero-order valence-corrected chi connectivity index (χ0v) is 31.0. The van der Waals surface area contributed by atoms with Crippen LogP contribution in [0.5, 0.6) is 5.75 Å². The number of carbonyl (C=O) groups excluding carboxylic acids is 1. The van der Waals surface area contributed by atoms with E-state index in [1.807, 2.05) is 30.3 Å². The van der Waals surface area contributed by atoms with E-state index in [0.717, 1.165) is 31.4 Å². The Hall–Kier alpha value is -2.28. The molecule has 1 aliphatic rings. The third-order valence-electron chi connectivity index (χ3n) is 7.00. The average Bonchev–Trinajstić information content (AvgIpc) is 3.39. The summed E-state index contributed by atoms with van der Waals surface area (Å²) in [4.78, 5) is 58.4. The summed E-state index contributed by atoms with van der Waals surface area (Å²) in [6.07, 6.45) is -1.18. The summed E-state index contributed by atoms with van der Waals surface area (Å²) in [6, 6.07) is 12.4. The number of benzene rings is 2. The van der Waals surface area contributed by atoms with Crippen molar-refractivity contribution in [3.8, 4) is 16.3 Å². The smallest absolute Gasteiger partial charge is 0.497 e. The Bertz CT molecular complexity index is 1460. The van der Waals surface area contributed by atoms with Gasteiger partial charge in [0.2, 0.25) is 0 Å². The first-order valence-corrected chi connectivity index (χ1v) is 14.4. The molecule has 0 atom stereocenters. The Morgan fingerprint density at radius 1 is 0.822 bits per heavy atom. The molecule has 0 unspecified atom stereocenters. The van der Waals surface area contributed by atoms with Gasteiger partial charge in [-0.15, -0.1) is 11.3 Å². The molecule has 0 aliphatic carbocycles. The van der Waals surface area contributed by atoms with Gasteiger partial charge in [-0.1, -0.05) is 0 Å². The number of aromatic nitrogens is 1. The number of nitrogens with one attached hydrogen (secondary N) is 1. The molecule has 14 nitrogen and oxygen atoms in total. The Morgan fingerprint density at radius 2 is 1.36 bits per heavy atom. The first-order valence-electron chi connectivity index (χ1n) is 13.6. The Kier molecular flexibility index (Phi) is 16.2. The number of carboxylic acids is 2. The van der Waals surface area contributed by atoms with E-state index in [-0.39, 0.29) is 131 Å². The molecule has 2 heterocycles. The van der Waals surface area contributed by atoms with E-state index in [2.05, 4.69) is 10.3 Å². The van der Waals surface area contributed by atoms with E-state index in [0.29, 0.717) is 5.69 Å². The molecule has 0 bridgehead atoms. The zero-order chi connectivity index (χ0) is 30.9. The van der Waals surface area contributed by atoms with Gasteiger partial charge in [-0.2, -0.15) is 0 Å². The fraction of sp³-hybridized carbons (Fsp3) is 0.393. The summed E-state index contributed by atoms with van der Waals surface area (Å²) >= 11 is 1.53. The summed E-state index contributed by atoms with van der Waals surface area (Å²) in [5.74, 6) is -1.35. The third-order valence-corrected chi connectivity index (χ3v) is 8.07. The van der Waals surface area contributed by atoms with Crippen LogP contribution in [0.25, 0.3) is 20.8 Å². The van der Waals surface area contributed by atoms with Gasteiger partial charge >= 0.3 is 89.8 Å². The van der Waals surface area contributed by atoms with Crippen LogP contribution in [0.4, 0.5) is 15.3 Å². The number of rotatable bonds is 7. The molecule has 3 amide bonds. The van der Waals surface area contributed by atoms with E-state index >= 15 is 0 Å². The summed E-state index contributed by atoms with van der Waals surface area (Å²) in [5.41, 5.74) is 2.27. The van der Waals surface area contributed by atoms with Crippen LogP contribution in [0.3, 0.4) is 0 Å². The van der Waals surface area contributed by atoms with Crippen molar-refractivity contribution in [2.75, 3.05) is 77.9 Å². The number of hydrogen-bond acceptors (Lipinski definition) is 9. The third kappa shape index (κ3) is 11.8. The van der Waals surface area contributed by atoms with Crippen LogP contribution in [0.1, 0.15) is 0 Å². The molecule has 1 aliphatic heterocycles. The number of thiazole rings is 1. The number of hydrogen-bond donors (Lipinski definition) is 4. The SMILES string of the molecule is COc1ccc2nc(-c3ccc(NC(=O)N4CCN(CC(=O)O)CCN(CC(=O)O)CCN(C(=O)O)CC4)cc3)sc2c1.[111In+3].[Gd+3]. The summed E-state index contributed by atoms with van der Waals surface area (Å²) < 4.78 is 6.28. The monoisotopic (exact) mass is 883 g/mol. The van der Waals surface area contributed by atoms with Crippen molar-refractivity contribution in [2.24, 2.45) is 0 Å². The van der Waals surface area contributed by atoms with E-state index < -0.39 is 24.1 Å². The molecule has 235 valence electrons. The number of carboxylic acid groups (broad SMARTS) is 3. The fourth-order valence-electron chi connectivity index (χ4n) is 4.64. The van der Waals surface area contributed by atoms with Crippen LogP contribution in [-0.4, -0.2) is 162 Å². The van der Waals surface area contributed by atoms with E-state index in [9.17, 15) is 34.5 Å². The van der Waals surface area contributed by atoms with Gasteiger partial charge in [-0.05, 0) is 42.5 Å². The molecule has 2 aromatic carbocycles. The molecule has 4 N–H and O–H groups in total. The minimum Gasteiger partial charge on any atom is -0.497 e. The topological polar surface area (TPSA) is 176 Å². The number of methoxy groups -OCH3 is 1. The number of anilines is 1. The number of carbonyl (C=O) groups is 4. The van der Waals surface area contributed by atoms with Crippen LogP contribution >= 0.6 is 11.3 Å². The normalized spacial score (nSPS) is 15.1. The fourth-order valence-corrected chi connectivity index (χ4v) is 5.64. The van der Waals surface area contributed by atoms with E-state index in [1.165, 1.54) is 16.2 Å². The molecule has 1 saturated heterocycles. The van der Waals surface area contributed by atoms with Crippen molar-refractivity contribution in [3.05, 3.63) is 42.5 Å². The molecule has 45 heavy (non-hydrogen) atoms. The van der Waals surface area contributed by atoms with Crippen molar-refractivity contribution >= 4 is 77.1 Å². The minimum atomic E-state index is -1.18. The van der Waals surface area contributed by atoms with Gasteiger partial charge in [0.15, 0.2) is 0 Å². The quantitative estimate of drug-likeness (QED) is 0.274. The van der Waals surface area contributed by atoms with Crippen LogP contribution < -0.4 is 10.1 Å². The molecule has 3 aromatic rings. The van der Waals surface area contributed by atoms with Crippen molar-refractivity contribution in [1.82, 2.24) is 24.6 Å². The molecular formula is C28H34GdInN6O8S+6.